The largest absolute Gasteiger partial charge is 0.493 e. The Labute approximate surface area is 203 Å². The normalized spacial score (nSPS) is 11.4. The molecule has 0 atom stereocenters. The SMILES string of the molecule is CCCCCCOc1ccccc1-c1nnc(NC(=O)Nc2ccc(OC(F)(F)C(F)F)cc2)s1. The van der Waals surface area contributed by atoms with E-state index in [0.29, 0.717) is 17.4 Å². The van der Waals surface area contributed by atoms with Gasteiger partial charge >= 0.3 is 18.6 Å². The van der Waals surface area contributed by atoms with E-state index in [1.54, 1.807) is 0 Å². The van der Waals surface area contributed by atoms with E-state index in [2.05, 4.69) is 32.5 Å². The lowest BCUT2D eigenvalue weighted by Crippen LogP contribution is -2.33. The van der Waals surface area contributed by atoms with E-state index in [9.17, 15) is 22.4 Å². The van der Waals surface area contributed by atoms with Gasteiger partial charge in [-0.15, -0.1) is 10.2 Å². The maximum absolute atomic E-state index is 13.0. The number of carbonyl (C=O) groups is 1. The minimum atomic E-state index is -4.61. The second-order valence-electron chi connectivity index (χ2n) is 7.39. The molecule has 0 aliphatic rings. The third kappa shape index (κ3) is 7.81. The zero-order chi connectivity index (χ0) is 25.3. The first kappa shape index (κ1) is 26.2. The Bertz CT molecular complexity index is 1100. The Kier molecular flexibility index (Phi) is 9.24. The fourth-order valence-electron chi connectivity index (χ4n) is 2.93. The molecule has 2 amide bonds. The molecule has 0 aliphatic heterocycles. The van der Waals surface area contributed by atoms with E-state index in [-0.39, 0.29) is 10.8 Å². The van der Waals surface area contributed by atoms with Crippen LogP contribution in [0.4, 0.5) is 33.2 Å². The van der Waals surface area contributed by atoms with Crippen molar-refractivity contribution < 1.29 is 31.8 Å². The van der Waals surface area contributed by atoms with Gasteiger partial charge < -0.3 is 14.8 Å². The van der Waals surface area contributed by atoms with Gasteiger partial charge in [-0.2, -0.15) is 17.6 Å². The molecule has 188 valence electrons. The van der Waals surface area contributed by atoms with Crippen molar-refractivity contribution in [3.05, 3.63) is 48.5 Å². The number of anilines is 2. The second kappa shape index (κ2) is 12.3. The molecule has 0 radical (unpaired) electrons. The molecule has 3 aromatic rings. The summed E-state index contributed by atoms with van der Waals surface area (Å²) in [7, 11) is 0. The van der Waals surface area contributed by atoms with Crippen LogP contribution in [0.15, 0.2) is 48.5 Å². The lowest BCUT2D eigenvalue weighted by molar-refractivity contribution is -0.253. The minimum absolute atomic E-state index is 0.224. The van der Waals surface area contributed by atoms with Gasteiger partial charge in [0.05, 0.1) is 12.2 Å². The van der Waals surface area contributed by atoms with Crippen molar-refractivity contribution in [2.75, 3.05) is 17.2 Å². The minimum Gasteiger partial charge on any atom is -0.493 e. The molecule has 7 nitrogen and oxygen atoms in total. The number of para-hydroxylation sites is 1. The maximum Gasteiger partial charge on any atom is 0.461 e. The Morgan fingerprint density at radius 2 is 1.77 bits per heavy atom. The van der Waals surface area contributed by atoms with Crippen LogP contribution in [-0.2, 0) is 0 Å². The van der Waals surface area contributed by atoms with Crippen LogP contribution in [0.5, 0.6) is 11.5 Å². The molecule has 2 N–H and O–H groups in total. The smallest absolute Gasteiger partial charge is 0.461 e. The Morgan fingerprint density at radius 3 is 2.49 bits per heavy atom. The number of ether oxygens (including phenoxy) is 2. The number of nitrogens with one attached hydrogen (secondary N) is 2. The lowest BCUT2D eigenvalue weighted by Gasteiger charge is -2.16. The summed E-state index contributed by atoms with van der Waals surface area (Å²) in [5.74, 6) is 0.206. The van der Waals surface area contributed by atoms with Gasteiger partial charge in [0.2, 0.25) is 5.13 Å². The average molecular weight is 513 g/mol. The van der Waals surface area contributed by atoms with E-state index >= 15 is 0 Å². The average Bonchev–Trinajstić information content (AvgIpc) is 3.28. The summed E-state index contributed by atoms with van der Waals surface area (Å²) in [5, 5.41) is 13.9. The van der Waals surface area contributed by atoms with Crippen molar-refractivity contribution >= 4 is 28.2 Å². The van der Waals surface area contributed by atoms with E-state index < -0.39 is 24.3 Å². The zero-order valence-electron chi connectivity index (χ0n) is 18.8. The number of halogens is 4. The van der Waals surface area contributed by atoms with E-state index in [4.69, 9.17) is 4.74 Å². The van der Waals surface area contributed by atoms with Gasteiger partial charge in [0.15, 0.2) is 5.01 Å². The van der Waals surface area contributed by atoms with Crippen LogP contribution in [0.2, 0.25) is 0 Å². The van der Waals surface area contributed by atoms with Gasteiger partial charge in [-0.05, 0) is 42.8 Å². The monoisotopic (exact) mass is 512 g/mol. The molecule has 0 fully saturated rings. The molecule has 0 bridgehead atoms. The highest BCUT2D eigenvalue weighted by Crippen LogP contribution is 2.34. The van der Waals surface area contributed by atoms with Crippen LogP contribution in [0.1, 0.15) is 32.6 Å². The third-order valence-corrected chi connectivity index (χ3v) is 5.51. The summed E-state index contributed by atoms with van der Waals surface area (Å²) in [5.41, 5.74) is 0.979. The van der Waals surface area contributed by atoms with Crippen molar-refractivity contribution in [3.8, 4) is 22.1 Å². The predicted molar refractivity (Wildman–Crippen MR) is 126 cm³/mol. The van der Waals surface area contributed by atoms with Crippen LogP contribution in [-0.4, -0.2) is 35.4 Å². The summed E-state index contributed by atoms with van der Waals surface area (Å²) in [4.78, 5) is 12.3. The van der Waals surface area contributed by atoms with Crippen molar-refractivity contribution in [2.45, 2.75) is 45.1 Å². The highest BCUT2D eigenvalue weighted by Gasteiger charge is 2.43. The topological polar surface area (TPSA) is 85.4 Å². The summed E-state index contributed by atoms with van der Waals surface area (Å²) in [6.07, 6.45) is -4.23. The highest BCUT2D eigenvalue weighted by atomic mass is 32.1. The number of urea groups is 1. The Morgan fingerprint density at radius 1 is 1.03 bits per heavy atom. The van der Waals surface area contributed by atoms with E-state index in [1.165, 1.54) is 12.1 Å². The summed E-state index contributed by atoms with van der Waals surface area (Å²) < 4.78 is 60.3. The lowest BCUT2D eigenvalue weighted by atomic mass is 10.2. The van der Waals surface area contributed by atoms with Crippen molar-refractivity contribution in [3.63, 3.8) is 0 Å². The predicted octanol–water partition coefficient (Wildman–Crippen LogP) is 7.04. The van der Waals surface area contributed by atoms with Gasteiger partial charge in [-0.1, -0.05) is 49.7 Å². The fraction of sp³-hybridized carbons (Fsp3) is 0.348. The van der Waals surface area contributed by atoms with Crippen LogP contribution < -0.4 is 20.1 Å². The van der Waals surface area contributed by atoms with Gasteiger partial charge in [0.1, 0.15) is 11.5 Å². The molecule has 0 aliphatic carbocycles. The highest BCUT2D eigenvalue weighted by molar-refractivity contribution is 7.18. The summed E-state index contributed by atoms with van der Waals surface area (Å²) in [6.45, 7) is 2.73. The van der Waals surface area contributed by atoms with E-state index in [0.717, 1.165) is 54.7 Å². The number of benzene rings is 2. The number of aromatic nitrogens is 2. The zero-order valence-corrected chi connectivity index (χ0v) is 19.6. The molecule has 0 spiro atoms. The molecule has 1 aromatic heterocycles. The standard InChI is InChI=1S/C23H24F4N4O3S/c1-2-3-4-7-14-33-18-9-6-5-8-17(18)19-30-31-22(35-19)29-21(32)28-15-10-12-16(13-11-15)34-23(26,27)20(24)25/h5-6,8-13,20H,2-4,7,14H2,1H3,(H2,28,29,31,32). The molecule has 0 unspecified atom stereocenters. The summed E-state index contributed by atoms with van der Waals surface area (Å²) in [6, 6.07) is 11.3. The van der Waals surface area contributed by atoms with Gasteiger partial charge in [0.25, 0.3) is 0 Å². The first-order valence-electron chi connectivity index (χ1n) is 10.9. The van der Waals surface area contributed by atoms with E-state index in [1.807, 2.05) is 24.3 Å². The molecular weight excluding hydrogens is 488 g/mol. The summed E-state index contributed by atoms with van der Waals surface area (Å²) >= 11 is 1.15. The number of hydrogen-bond acceptors (Lipinski definition) is 6. The van der Waals surface area contributed by atoms with Crippen LogP contribution >= 0.6 is 11.3 Å². The Hall–Kier alpha value is -3.41. The molecule has 2 aromatic carbocycles. The van der Waals surface area contributed by atoms with Gasteiger partial charge in [0, 0.05) is 5.69 Å². The van der Waals surface area contributed by atoms with Crippen LogP contribution in [0.3, 0.4) is 0 Å². The van der Waals surface area contributed by atoms with Crippen molar-refractivity contribution in [1.82, 2.24) is 10.2 Å². The first-order valence-corrected chi connectivity index (χ1v) is 11.7. The van der Waals surface area contributed by atoms with Gasteiger partial charge in [-0.3, -0.25) is 5.32 Å². The molecule has 12 heteroatoms. The fourth-order valence-corrected chi connectivity index (χ4v) is 3.70. The molecule has 0 saturated heterocycles. The van der Waals surface area contributed by atoms with Gasteiger partial charge in [-0.25, -0.2) is 4.79 Å². The molecule has 1 heterocycles. The number of nitrogens with zero attached hydrogens (tertiary/aromatic N) is 2. The quantitative estimate of drug-likeness (QED) is 0.201. The van der Waals surface area contributed by atoms with Crippen molar-refractivity contribution in [1.29, 1.82) is 0 Å². The van der Waals surface area contributed by atoms with Crippen LogP contribution in [0, 0.1) is 0 Å². The molecule has 35 heavy (non-hydrogen) atoms. The maximum atomic E-state index is 13.0. The molecular formula is C23H24F4N4O3S. The molecule has 0 saturated carbocycles. The number of carbonyl (C=O) groups excluding carboxylic acids is 1. The van der Waals surface area contributed by atoms with Crippen molar-refractivity contribution in [2.24, 2.45) is 0 Å². The third-order valence-electron chi connectivity index (χ3n) is 4.64. The number of rotatable bonds is 12. The number of hydrogen-bond donors (Lipinski definition) is 2. The number of unbranched alkanes of at least 4 members (excludes halogenated alkanes) is 3. The number of alkyl halides is 4. The Balaban J connectivity index is 1.56. The number of amides is 2. The molecule has 3 rings (SSSR count). The van der Waals surface area contributed by atoms with Crippen LogP contribution in [0.25, 0.3) is 10.6 Å². The first-order chi connectivity index (χ1) is 16.8. The second-order valence-corrected chi connectivity index (χ2v) is 8.36.